The number of carbonyl (C=O) groups excluding carboxylic acids is 1. The van der Waals surface area contributed by atoms with Crippen molar-refractivity contribution >= 4 is 33.8 Å². The lowest BCUT2D eigenvalue weighted by molar-refractivity contribution is 0.102. The fraction of sp³-hybridized carbons (Fsp3) is 0.174. The number of fused-ring (bicyclic) bond motifs is 2. The van der Waals surface area contributed by atoms with Crippen molar-refractivity contribution in [1.29, 1.82) is 0 Å². The summed E-state index contributed by atoms with van der Waals surface area (Å²) in [5.41, 5.74) is 4.84. The number of ether oxygens (including phenoxy) is 2. The first-order valence-corrected chi connectivity index (χ1v) is 10.1. The van der Waals surface area contributed by atoms with E-state index < -0.39 is 0 Å². The summed E-state index contributed by atoms with van der Waals surface area (Å²) >= 11 is 0. The van der Waals surface area contributed by atoms with Gasteiger partial charge in [0.25, 0.3) is 5.91 Å². The van der Waals surface area contributed by atoms with E-state index in [0.717, 1.165) is 22.0 Å². The van der Waals surface area contributed by atoms with Crippen LogP contribution in [0.4, 0.5) is 5.95 Å². The summed E-state index contributed by atoms with van der Waals surface area (Å²) in [7, 11) is 3.23. The third kappa shape index (κ3) is 3.58. The monoisotopic (exact) mass is 430 g/mol. The highest BCUT2D eigenvalue weighted by molar-refractivity contribution is 6.05. The van der Waals surface area contributed by atoms with E-state index in [0.29, 0.717) is 41.4 Å². The van der Waals surface area contributed by atoms with Gasteiger partial charge in [0.2, 0.25) is 5.95 Å². The predicted octanol–water partition coefficient (Wildman–Crippen LogP) is 3.82. The van der Waals surface area contributed by atoms with Crippen molar-refractivity contribution in [2.75, 3.05) is 26.1 Å². The fourth-order valence-electron chi connectivity index (χ4n) is 3.71. The molecule has 0 fully saturated rings. The molecular weight excluding hydrogens is 408 g/mol. The van der Waals surface area contributed by atoms with Crippen LogP contribution in [0.5, 0.6) is 5.75 Å². The van der Waals surface area contributed by atoms with E-state index in [9.17, 15) is 4.79 Å². The number of hydrogen-bond donors (Lipinski definition) is 3. The minimum Gasteiger partial charge on any atom is -0.494 e. The molecule has 3 aromatic heterocycles. The maximum Gasteiger partial charge on any atom is 0.261 e. The normalized spacial score (nSPS) is 11.3. The zero-order chi connectivity index (χ0) is 22.1. The van der Waals surface area contributed by atoms with Crippen molar-refractivity contribution in [3.05, 3.63) is 60.6 Å². The van der Waals surface area contributed by atoms with Gasteiger partial charge in [0.1, 0.15) is 16.8 Å². The molecule has 9 nitrogen and oxygen atoms in total. The number of methoxy groups -OCH3 is 2. The molecule has 32 heavy (non-hydrogen) atoms. The minimum absolute atomic E-state index is 0.305. The molecule has 0 saturated heterocycles. The molecule has 5 aromatic rings. The molecule has 0 atom stereocenters. The lowest BCUT2D eigenvalue weighted by Gasteiger charge is -2.06. The van der Waals surface area contributed by atoms with Crippen molar-refractivity contribution < 1.29 is 14.3 Å². The summed E-state index contributed by atoms with van der Waals surface area (Å²) in [5.74, 6) is 0.674. The maximum absolute atomic E-state index is 12.7. The average molecular weight is 430 g/mol. The van der Waals surface area contributed by atoms with Crippen LogP contribution in [0.15, 0.2) is 55.0 Å². The lowest BCUT2D eigenvalue weighted by Crippen LogP contribution is -2.12. The maximum atomic E-state index is 12.7. The number of nitrogens with zero attached hydrogens (tertiary/aromatic N) is 3. The summed E-state index contributed by atoms with van der Waals surface area (Å²) in [4.78, 5) is 23.8. The molecule has 3 heterocycles. The van der Waals surface area contributed by atoms with Gasteiger partial charge in [0, 0.05) is 30.6 Å². The molecule has 0 radical (unpaired) electrons. The lowest BCUT2D eigenvalue weighted by atomic mass is 10.0. The molecule has 0 bridgehead atoms. The second-order valence-corrected chi connectivity index (χ2v) is 7.34. The predicted molar refractivity (Wildman–Crippen MR) is 122 cm³/mol. The van der Waals surface area contributed by atoms with E-state index in [1.165, 1.54) is 6.20 Å². The molecule has 0 aliphatic heterocycles. The Bertz CT molecular complexity index is 1410. The van der Waals surface area contributed by atoms with Crippen LogP contribution in [0, 0.1) is 0 Å². The van der Waals surface area contributed by atoms with Crippen molar-refractivity contribution in [3.63, 3.8) is 0 Å². The number of aromatic nitrogens is 5. The standard InChI is InChI=1S/C23H22N6O3/c1-31-10-9-29-13-16(12-25-29)22(30)28-23-26-20-17(5-6-19(32-2)21(20)27-23)15-4-3-14-7-8-24-18(14)11-15/h3-8,11-13,24H,9-10H2,1-2H3,(H2,26,27,28,30). The van der Waals surface area contributed by atoms with Crippen molar-refractivity contribution in [3.8, 4) is 16.9 Å². The van der Waals surface area contributed by atoms with E-state index >= 15 is 0 Å². The highest BCUT2D eigenvalue weighted by Gasteiger charge is 2.17. The number of aromatic amines is 2. The highest BCUT2D eigenvalue weighted by atomic mass is 16.5. The van der Waals surface area contributed by atoms with Gasteiger partial charge < -0.3 is 19.4 Å². The quantitative estimate of drug-likeness (QED) is 0.364. The number of nitrogens with one attached hydrogen (secondary N) is 3. The van der Waals surface area contributed by atoms with Gasteiger partial charge in [-0.15, -0.1) is 0 Å². The highest BCUT2D eigenvalue weighted by Crippen LogP contribution is 2.35. The number of anilines is 1. The van der Waals surface area contributed by atoms with E-state index in [1.807, 2.05) is 24.4 Å². The first-order chi connectivity index (χ1) is 15.7. The number of benzene rings is 2. The average Bonchev–Trinajstić information content (AvgIpc) is 3.55. The SMILES string of the molecule is COCCn1cc(C(=O)Nc2nc3c(-c4ccc5cc[nH]c5c4)ccc(OC)c3[nH]2)cn1. The molecule has 2 aromatic carbocycles. The van der Waals surface area contributed by atoms with E-state index in [2.05, 4.69) is 43.6 Å². The number of carbonyl (C=O) groups is 1. The van der Waals surface area contributed by atoms with E-state index in [-0.39, 0.29) is 5.91 Å². The van der Waals surface area contributed by atoms with Crippen LogP contribution in [0.3, 0.4) is 0 Å². The molecule has 1 amide bonds. The fourth-order valence-corrected chi connectivity index (χ4v) is 3.71. The number of rotatable bonds is 7. The minimum atomic E-state index is -0.305. The molecule has 0 unspecified atom stereocenters. The molecule has 9 heteroatoms. The van der Waals surface area contributed by atoms with Gasteiger partial charge in [-0.25, -0.2) is 4.98 Å². The Hall–Kier alpha value is -4.11. The second-order valence-electron chi connectivity index (χ2n) is 7.34. The third-order valence-electron chi connectivity index (χ3n) is 5.34. The molecule has 162 valence electrons. The van der Waals surface area contributed by atoms with Gasteiger partial charge in [0.05, 0.1) is 32.0 Å². The zero-order valence-electron chi connectivity index (χ0n) is 17.7. The molecule has 0 saturated carbocycles. The summed E-state index contributed by atoms with van der Waals surface area (Å²) in [6.45, 7) is 1.09. The summed E-state index contributed by atoms with van der Waals surface area (Å²) < 4.78 is 12.2. The van der Waals surface area contributed by atoms with Crippen molar-refractivity contribution in [2.24, 2.45) is 0 Å². The Balaban J connectivity index is 1.49. The zero-order valence-corrected chi connectivity index (χ0v) is 17.7. The third-order valence-corrected chi connectivity index (χ3v) is 5.34. The van der Waals surface area contributed by atoms with Crippen LogP contribution < -0.4 is 10.1 Å². The molecule has 0 aliphatic rings. The first kappa shape index (κ1) is 19.8. The van der Waals surface area contributed by atoms with Crippen molar-refractivity contribution in [2.45, 2.75) is 6.54 Å². The smallest absolute Gasteiger partial charge is 0.261 e. The van der Waals surface area contributed by atoms with Crippen molar-refractivity contribution in [1.82, 2.24) is 24.7 Å². The van der Waals surface area contributed by atoms with Crippen LogP contribution in [-0.2, 0) is 11.3 Å². The number of H-pyrrole nitrogens is 2. The van der Waals surface area contributed by atoms with Gasteiger partial charge in [-0.3, -0.25) is 14.8 Å². The number of hydrogen-bond acceptors (Lipinski definition) is 5. The van der Waals surface area contributed by atoms with Gasteiger partial charge in [-0.05, 0) is 35.2 Å². The van der Waals surface area contributed by atoms with Crippen LogP contribution in [0.25, 0.3) is 33.1 Å². The van der Waals surface area contributed by atoms with E-state index in [1.54, 1.807) is 25.1 Å². The van der Waals surface area contributed by atoms with Gasteiger partial charge in [-0.1, -0.05) is 12.1 Å². The summed E-state index contributed by atoms with van der Waals surface area (Å²) in [5, 5.41) is 8.14. The molecule has 0 spiro atoms. The van der Waals surface area contributed by atoms with Crippen LogP contribution in [-0.4, -0.2) is 51.5 Å². The summed E-state index contributed by atoms with van der Waals surface area (Å²) in [6.07, 6.45) is 5.11. The first-order valence-electron chi connectivity index (χ1n) is 10.1. The van der Waals surface area contributed by atoms with Gasteiger partial charge in [-0.2, -0.15) is 5.10 Å². The van der Waals surface area contributed by atoms with Crippen LogP contribution >= 0.6 is 0 Å². The van der Waals surface area contributed by atoms with Crippen LogP contribution in [0.2, 0.25) is 0 Å². The Labute approximate surface area is 183 Å². The topological polar surface area (TPSA) is 110 Å². The largest absolute Gasteiger partial charge is 0.494 e. The number of amides is 1. The second kappa shape index (κ2) is 8.20. The molecule has 5 rings (SSSR count). The Kier molecular flexibility index (Phi) is 5.08. The summed E-state index contributed by atoms with van der Waals surface area (Å²) in [6, 6.07) is 12.1. The van der Waals surface area contributed by atoms with Gasteiger partial charge in [0.15, 0.2) is 0 Å². The Morgan fingerprint density at radius 1 is 1.19 bits per heavy atom. The number of imidazole rings is 1. The van der Waals surface area contributed by atoms with E-state index in [4.69, 9.17) is 9.47 Å². The molecular formula is C23H22N6O3. The Morgan fingerprint density at radius 2 is 2.09 bits per heavy atom. The van der Waals surface area contributed by atoms with Crippen LogP contribution in [0.1, 0.15) is 10.4 Å². The molecule has 0 aliphatic carbocycles. The Morgan fingerprint density at radius 3 is 2.94 bits per heavy atom. The van der Waals surface area contributed by atoms with Gasteiger partial charge >= 0.3 is 0 Å². The molecule has 3 N–H and O–H groups in total.